The Bertz CT molecular complexity index is 816. The van der Waals surface area contributed by atoms with E-state index < -0.39 is 5.97 Å². The second-order valence-electron chi connectivity index (χ2n) is 4.90. The molecule has 0 bridgehead atoms. The van der Waals surface area contributed by atoms with Crippen molar-refractivity contribution in [1.82, 2.24) is 0 Å². The highest BCUT2D eigenvalue weighted by Gasteiger charge is 2.10. The molecule has 6 nitrogen and oxygen atoms in total. The topological polar surface area (TPSA) is 84.3 Å². The van der Waals surface area contributed by atoms with Crippen molar-refractivity contribution in [2.75, 3.05) is 6.61 Å². The lowest BCUT2D eigenvalue weighted by atomic mass is 10.2. The maximum atomic E-state index is 11.8. The van der Waals surface area contributed by atoms with Crippen LogP contribution >= 0.6 is 11.6 Å². The van der Waals surface area contributed by atoms with Crippen LogP contribution in [0, 0.1) is 0 Å². The summed E-state index contributed by atoms with van der Waals surface area (Å²) in [5.74, 6) is -0.117. The Kier molecular flexibility index (Phi) is 6.89. The van der Waals surface area contributed by atoms with Gasteiger partial charge in [-0.3, -0.25) is 0 Å². The van der Waals surface area contributed by atoms with E-state index in [9.17, 15) is 4.79 Å². The summed E-state index contributed by atoms with van der Waals surface area (Å²) in [6.07, 6.45) is 1.38. The third kappa shape index (κ3) is 5.57. The van der Waals surface area contributed by atoms with E-state index in [4.69, 9.17) is 26.6 Å². The zero-order chi connectivity index (χ0) is 18.1. The molecule has 0 aliphatic carbocycles. The van der Waals surface area contributed by atoms with Crippen LogP contribution in [0.25, 0.3) is 16.5 Å². The van der Waals surface area contributed by atoms with E-state index in [1.165, 1.54) is 6.08 Å². The van der Waals surface area contributed by atoms with E-state index in [0.29, 0.717) is 22.9 Å². The number of nitrogens with zero attached hydrogens (tertiary/aromatic N) is 3. The van der Waals surface area contributed by atoms with E-state index in [0.717, 1.165) is 5.56 Å². The van der Waals surface area contributed by atoms with Crippen LogP contribution in [-0.2, 0) is 16.1 Å². The molecule has 2 aromatic rings. The Labute approximate surface area is 150 Å². The Morgan fingerprint density at radius 2 is 2.04 bits per heavy atom. The number of rotatable bonds is 7. The Hall–Kier alpha value is -2.95. The van der Waals surface area contributed by atoms with Crippen LogP contribution in [0.3, 0.4) is 0 Å². The van der Waals surface area contributed by atoms with Crippen molar-refractivity contribution in [2.45, 2.75) is 13.5 Å². The molecule has 0 amide bonds. The highest BCUT2D eigenvalue weighted by Crippen LogP contribution is 2.25. The highest BCUT2D eigenvalue weighted by molar-refractivity contribution is 6.32. The number of carbonyl (C=O) groups excluding carboxylic acids is 1. The fraction of sp³-hybridized carbons (Fsp3) is 0.167. The lowest BCUT2D eigenvalue weighted by Gasteiger charge is -2.08. The molecule has 0 spiro atoms. The average molecular weight is 358 g/mol. The molecule has 0 unspecified atom stereocenters. The largest absolute Gasteiger partial charge is 0.489 e. The molecule has 0 saturated heterocycles. The third-order valence-electron chi connectivity index (χ3n) is 3.15. The van der Waals surface area contributed by atoms with Crippen molar-refractivity contribution in [1.29, 1.82) is 0 Å². The monoisotopic (exact) mass is 357 g/mol. The summed E-state index contributed by atoms with van der Waals surface area (Å²) in [7, 11) is 0. The molecule has 7 heteroatoms. The first kappa shape index (κ1) is 18.4. The molecule has 0 saturated carbocycles. The minimum absolute atomic E-state index is 0.163. The predicted octanol–water partition coefficient (Wildman–Crippen LogP) is 5.13. The molecule has 0 aliphatic heterocycles. The summed E-state index contributed by atoms with van der Waals surface area (Å²) in [5.41, 5.74) is 9.97. The zero-order valence-corrected chi connectivity index (χ0v) is 14.3. The van der Waals surface area contributed by atoms with Gasteiger partial charge in [0, 0.05) is 4.91 Å². The minimum Gasteiger partial charge on any atom is -0.489 e. The fourth-order valence-corrected chi connectivity index (χ4v) is 2.21. The van der Waals surface area contributed by atoms with Crippen molar-refractivity contribution in [2.24, 2.45) is 5.11 Å². The molecule has 0 aromatic heterocycles. The SMILES string of the molecule is CCOC(=O)C(=Cc1ccc(OCc2ccccc2)cc1Cl)N=[N+]=[N-]. The number of benzene rings is 2. The van der Waals surface area contributed by atoms with Crippen LogP contribution < -0.4 is 4.74 Å². The van der Waals surface area contributed by atoms with Crippen molar-refractivity contribution < 1.29 is 14.3 Å². The van der Waals surface area contributed by atoms with Crippen molar-refractivity contribution in [3.63, 3.8) is 0 Å². The van der Waals surface area contributed by atoms with Gasteiger partial charge in [-0.15, -0.1) is 0 Å². The number of esters is 1. The molecule has 0 radical (unpaired) electrons. The van der Waals surface area contributed by atoms with Crippen molar-refractivity contribution >= 4 is 23.6 Å². The van der Waals surface area contributed by atoms with E-state index in [2.05, 4.69) is 10.0 Å². The Balaban J connectivity index is 2.16. The minimum atomic E-state index is -0.708. The average Bonchev–Trinajstić information content (AvgIpc) is 2.62. The molecule has 128 valence electrons. The number of azide groups is 1. The molecule has 0 fully saturated rings. The fourth-order valence-electron chi connectivity index (χ4n) is 1.98. The quantitative estimate of drug-likeness (QED) is 0.226. The molecule has 2 rings (SSSR count). The number of ether oxygens (including phenoxy) is 2. The van der Waals surface area contributed by atoms with Gasteiger partial charge < -0.3 is 9.47 Å². The van der Waals surface area contributed by atoms with E-state index in [1.807, 2.05) is 30.3 Å². The van der Waals surface area contributed by atoms with E-state index in [1.54, 1.807) is 25.1 Å². The predicted molar refractivity (Wildman–Crippen MR) is 96.0 cm³/mol. The van der Waals surface area contributed by atoms with Crippen LogP contribution in [-0.4, -0.2) is 12.6 Å². The van der Waals surface area contributed by atoms with Gasteiger partial charge in [-0.05, 0) is 47.9 Å². The molecule has 25 heavy (non-hydrogen) atoms. The normalized spacial score (nSPS) is 10.7. The van der Waals surface area contributed by atoms with Gasteiger partial charge in [-0.2, -0.15) is 0 Å². The molecule has 0 atom stereocenters. The first-order valence-electron chi connectivity index (χ1n) is 7.54. The standard InChI is InChI=1S/C18H16ClN3O3/c1-2-24-18(23)17(21-22-20)10-14-8-9-15(11-16(14)19)25-12-13-6-4-3-5-7-13/h3-11H,2,12H2,1H3. The number of hydrogen-bond donors (Lipinski definition) is 0. The third-order valence-corrected chi connectivity index (χ3v) is 3.48. The molecular weight excluding hydrogens is 342 g/mol. The Morgan fingerprint density at radius 3 is 2.68 bits per heavy atom. The molecule has 2 aromatic carbocycles. The maximum absolute atomic E-state index is 11.8. The lowest BCUT2D eigenvalue weighted by molar-refractivity contribution is -0.138. The summed E-state index contributed by atoms with van der Waals surface area (Å²) < 4.78 is 10.5. The van der Waals surface area contributed by atoms with Crippen molar-refractivity contribution in [3.05, 3.63) is 80.8 Å². The number of halogens is 1. The molecule has 0 aliphatic rings. The first-order chi connectivity index (χ1) is 12.1. The summed E-state index contributed by atoms with van der Waals surface area (Å²) in [4.78, 5) is 14.4. The lowest BCUT2D eigenvalue weighted by Crippen LogP contribution is -2.05. The molecule has 0 heterocycles. The van der Waals surface area contributed by atoms with Gasteiger partial charge in [0.25, 0.3) is 0 Å². The van der Waals surface area contributed by atoms with Crippen LogP contribution in [0.15, 0.2) is 59.3 Å². The van der Waals surface area contributed by atoms with Gasteiger partial charge in [0.15, 0.2) is 0 Å². The second-order valence-corrected chi connectivity index (χ2v) is 5.30. The Morgan fingerprint density at radius 1 is 1.28 bits per heavy atom. The summed E-state index contributed by atoms with van der Waals surface area (Å²) in [5, 5.41) is 3.72. The van der Waals surface area contributed by atoms with Crippen LogP contribution in [0.4, 0.5) is 0 Å². The van der Waals surface area contributed by atoms with Gasteiger partial charge in [-0.1, -0.05) is 47.0 Å². The molecule has 0 N–H and O–H groups in total. The number of hydrogen-bond acceptors (Lipinski definition) is 4. The van der Waals surface area contributed by atoms with Crippen LogP contribution in [0.1, 0.15) is 18.1 Å². The molecular formula is C18H16ClN3O3. The summed E-state index contributed by atoms with van der Waals surface area (Å²) in [6.45, 7) is 2.26. The second kappa shape index (κ2) is 9.37. The summed E-state index contributed by atoms with van der Waals surface area (Å²) >= 11 is 6.23. The van der Waals surface area contributed by atoms with E-state index in [-0.39, 0.29) is 12.3 Å². The van der Waals surface area contributed by atoms with Gasteiger partial charge in [0.05, 0.1) is 11.6 Å². The van der Waals surface area contributed by atoms with Gasteiger partial charge in [0.1, 0.15) is 18.1 Å². The van der Waals surface area contributed by atoms with E-state index >= 15 is 0 Å². The highest BCUT2D eigenvalue weighted by atomic mass is 35.5. The summed E-state index contributed by atoms with van der Waals surface area (Å²) in [6, 6.07) is 14.8. The number of carbonyl (C=O) groups is 1. The maximum Gasteiger partial charge on any atom is 0.340 e. The smallest absolute Gasteiger partial charge is 0.340 e. The zero-order valence-electron chi connectivity index (χ0n) is 13.6. The first-order valence-corrected chi connectivity index (χ1v) is 7.92. The van der Waals surface area contributed by atoms with Crippen LogP contribution in [0.2, 0.25) is 5.02 Å². The van der Waals surface area contributed by atoms with Gasteiger partial charge in [-0.25, -0.2) is 4.79 Å². The van der Waals surface area contributed by atoms with Crippen molar-refractivity contribution in [3.8, 4) is 5.75 Å². The van der Waals surface area contributed by atoms with Crippen LogP contribution in [0.5, 0.6) is 5.75 Å². The van der Waals surface area contributed by atoms with Gasteiger partial charge in [0.2, 0.25) is 0 Å². The van der Waals surface area contributed by atoms with Gasteiger partial charge >= 0.3 is 5.97 Å².